The molecule has 1 aromatic carbocycles. The normalized spacial score (nSPS) is 16.7. The smallest absolute Gasteiger partial charge is 0.270 e. The standard InChI is InChI=1S/C24H28F2N6O3S/c1-3-28-21(34)18(13-27)23-32(4-2)22(35)19(36-23)14-29-16-6-5-7-17(12-16)30-20(33)15-31-10-8-24(25,26)9-11-31/h5-7,12,14,29H,3-4,8-11,15H2,1-2H3,(H,28,34)(H,30,33). The van der Waals surface area contributed by atoms with Crippen molar-refractivity contribution in [1.29, 1.82) is 5.26 Å². The van der Waals surface area contributed by atoms with Crippen LogP contribution in [0, 0.1) is 11.3 Å². The van der Waals surface area contributed by atoms with Crippen molar-refractivity contribution >= 4 is 46.3 Å². The number of nitrogens with zero attached hydrogens (tertiary/aromatic N) is 3. The maximum Gasteiger partial charge on any atom is 0.270 e. The molecule has 0 radical (unpaired) electrons. The van der Waals surface area contributed by atoms with Crippen LogP contribution in [0.3, 0.4) is 0 Å². The molecule has 12 heteroatoms. The molecule has 9 nitrogen and oxygen atoms in total. The minimum absolute atomic E-state index is 0.0255. The van der Waals surface area contributed by atoms with Gasteiger partial charge < -0.3 is 16.0 Å². The van der Waals surface area contributed by atoms with Gasteiger partial charge in [0, 0.05) is 56.6 Å². The van der Waals surface area contributed by atoms with E-state index in [9.17, 15) is 28.4 Å². The zero-order chi connectivity index (χ0) is 26.3. The Labute approximate surface area is 210 Å². The molecule has 3 N–H and O–H groups in total. The van der Waals surface area contributed by atoms with Gasteiger partial charge in [-0.15, -0.1) is 11.3 Å². The van der Waals surface area contributed by atoms with E-state index in [4.69, 9.17) is 0 Å². The molecule has 1 saturated heterocycles. The van der Waals surface area contributed by atoms with Gasteiger partial charge >= 0.3 is 0 Å². The highest BCUT2D eigenvalue weighted by Crippen LogP contribution is 2.27. The molecule has 1 fully saturated rings. The molecule has 0 bridgehead atoms. The molecule has 1 aliphatic heterocycles. The Kier molecular flexibility index (Phi) is 8.95. The summed E-state index contributed by atoms with van der Waals surface area (Å²) in [6.07, 6.45) is 0.984. The van der Waals surface area contributed by atoms with Crippen molar-refractivity contribution in [3.8, 4) is 6.07 Å². The average molecular weight is 519 g/mol. The molecule has 0 spiro atoms. The predicted molar refractivity (Wildman–Crippen MR) is 135 cm³/mol. The Balaban J connectivity index is 1.75. The second-order valence-corrected chi connectivity index (χ2v) is 9.25. The number of alkyl halides is 2. The van der Waals surface area contributed by atoms with Gasteiger partial charge in [0.15, 0.2) is 5.57 Å². The fourth-order valence-electron chi connectivity index (χ4n) is 3.71. The first-order valence-electron chi connectivity index (χ1n) is 11.6. The van der Waals surface area contributed by atoms with Crippen molar-refractivity contribution < 1.29 is 18.4 Å². The molecule has 2 heterocycles. The summed E-state index contributed by atoms with van der Waals surface area (Å²) in [6, 6.07) is 8.72. The van der Waals surface area contributed by atoms with Crippen molar-refractivity contribution in [1.82, 2.24) is 14.8 Å². The van der Waals surface area contributed by atoms with Crippen LogP contribution in [0.4, 0.5) is 20.2 Å². The van der Waals surface area contributed by atoms with Gasteiger partial charge in [0.25, 0.3) is 17.4 Å². The third-order valence-electron chi connectivity index (χ3n) is 5.59. The summed E-state index contributed by atoms with van der Waals surface area (Å²) in [5.74, 6) is -3.51. The number of nitrogens with one attached hydrogen (secondary N) is 3. The number of carbonyl (C=O) groups excluding carboxylic acids is 2. The number of likely N-dealkylation sites (tertiary alicyclic amines) is 1. The minimum Gasteiger partial charge on any atom is -0.360 e. The van der Waals surface area contributed by atoms with Gasteiger partial charge in [-0.05, 0) is 32.0 Å². The van der Waals surface area contributed by atoms with Crippen molar-refractivity contribution in [2.45, 2.75) is 39.2 Å². The van der Waals surface area contributed by atoms with Crippen LogP contribution in [0.15, 0.2) is 29.1 Å². The number of amides is 2. The Morgan fingerprint density at radius 2 is 1.92 bits per heavy atom. The molecule has 1 aromatic heterocycles. The molecular formula is C24H28F2N6O3S. The number of hydrogen-bond donors (Lipinski definition) is 3. The van der Waals surface area contributed by atoms with E-state index in [0.29, 0.717) is 29.0 Å². The Hall–Kier alpha value is -3.56. The lowest BCUT2D eigenvalue weighted by atomic mass is 10.1. The first-order valence-corrected chi connectivity index (χ1v) is 12.4. The molecule has 0 aliphatic carbocycles. The van der Waals surface area contributed by atoms with E-state index >= 15 is 0 Å². The number of aromatic nitrogens is 1. The average Bonchev–Trinajstić information content (AvgIpc) is 3.15. The highest BCUT2D eigenvalue weighted by Gasteiger charge is 2.34. The molecule has 192 valence electrons. The summed E-state index contributed by atoms with van der Waals surface area (Å²) in [5.41, 5.74) is 0.645. The largest absolute Gasteiger partial charge is 0.360 e. The molecule has 2 amide bonds. The van der Waals surface area contributed by atoms with Crippen LogP contribution in [0.2, 0.25) is 0 Å². The Morgan fingerprint density at radius 3 is 2.56 bits per heavy atom. The summed E-state index contributed by atoms with van der Waals surface area (Å²) >= 11 is 1.03. The number of benzene rings is 1. The Morgan fingerprint density at radius 1 is 1.22 bits per heavy atom. The van der Waals surface area contributed by atoms with Gasteiger partial charge in [-0.25, -0.2) is 8.78 Å². The Bertz CT molecular complexity index is 1330. The van der Waals surface area contributed by atoms with Gasteiger partial charge in [0.05, 0.1) is 6.54 Å². The maximum atomic E-state index is 13.3. The lowest BCUT2D eigenvalue weighted by Gasteiger charge is -2.31. The van der Waals surface area contributed by atoms with Crippen LogP contribution in [-0.2, 0) is 16.1 Å². The first kappa shape index (κ1) is 27.0. The lowest BCUT2D eigenvalue weighted by Crippen LogP contribution is -2.42. The topological polar surface area (TPSA) is 119 Å². The maximum absolute atomic E-state index is 13.3. The van der Waals surface area contributed by atoms with Crippen LogP contribution in [0.1, 0.15) is 26.7 Å². The fourth-order valence-corrected chi connectivity index (χ4v) is 4.80. The van der Waals surface area contributed by atoms with Crippen molar-refractivity contribution in [3.05, 3.63) is 43.8 Å². The summed E-state index contributed by atoms with van der Waals surface area (Å²) in [5, 5.41) is 17.8. The van der Waals surface area contributed by atoms with Crippen LogP contribution in [0.5, 0.6) is 0 Å². The van der Waals surface area contributed by atoms with Crippen molar-refractivity contribution in [2.75, 3.05) is 36.8 Å². The molecule has 2 aromatic rings. The van der Waals surface area contributed by atoms with Gasteiger partial charge in [0.2, 0.25) is 5.91 Å². The summed E-state index contributed by atoms with van der Waals surface area (Å²) < 4.78 is 28.6. The van der Waals surface area contributed by atoms with Crippen LogP contribution in [0.25, 0.3) is 11.8 Å². The number of rotatable bonds is 8. The highest BCUT2D eigenvalue weighted by molar-refractivity contribution is 7.07. The molecule has 0 saturated carbocycles. The van der Waals surface area contributed by atoms with E-state index in [1.807, 2.05) is 6.07 Å². The molecule has 0 atom stereocenters. The van der Waals surface area contributed by atoms with E-state index in [2.05, 4.69) is 16.0 Å². The highest BCUT2D eigenvalue weighted by atomic mass is 32.1. The number of carbonyl (C=O) groups is 2. The van der Waals surface area contributed by atoms with Gasteiger partial charge in [-0.3, -0.25) is 23.9 Å². The van der Waals surface area contributed by atoms with Crippen LogP contribution < -0.4 is 30.7 Å². The zero-order valence-electron chi connectivity index (χ0n) is 20.1. The molecule has 1 aliphatic rings. The number of nitriles is 1. The number of anilines is 2. The van der Waals surface area contributed by atoms with Crippen LogP contribution in [-0.4, -0.2) is 53.4 Å². The predicted octanol–water partition coefficient (Wildman–Crippen LogP) is 1.26. The second kappa shape index (κ2) is 11.9. The molecule has 3 rings (SSSR count). The summed E-state index contributed by atoms with van der Waals surface area (Å²) in [4.78, 5) is 39.1. The van der Waals surface area contributed by atoms with E-state index in [1.54, 1.807) is 43.0 Å². The summed E-state index contributed by atoms with van der Waals surface area (Å²) in [7, 11) is 0. The molecular weight excluding hydrogens is 490 g/mol. The third kappa shape index (κ3) is 6.77. The van der Waals surface area contributed by atoms with E-state index in [1.165, 1.54) is 10.8 Å². The van der Waals surface area contributed by atoms with Crippen molar-refractivity contribution in [3.63, 3.8) is 0 Å². The number of piperidine rings is 1. The van der Waals surface area contributed by atoms with E-state index < -0.39 is 11.8 Å². The van der Waals surface area contributed by atoms with Gasteiger partial charge in [-0.2, -0.15) is 5.26 Å². The molecule has 36 heavy (non-hydrogen) atoms. The number of hydrogen-bond acceptors (Lipinski definition) is 7. The lowest BCUT2D eigenvalue weighted by molar-refractivity contribution is -0.119. The van der Waals surface area contributed by atoms with Crippen molar-refractivity contribution in [2.24, 2.45) is 0 Å². The fraction of sp³-hybridized carbons (Fsp3) is 0.417. The quantitative estimate of drug-likeness (QED) is 0.484. The zero-order valence-corrected chi connectivity index (χ0v) is 20.9. The first-order chi connectivity index (χ1) is 17.2. The number of halogens is 2. The van der Waals surface area contributed by atoms with E-state index in [-0.39, 0.29) is 54.2 Å². The minimum atomic E-state index is -2.66. The molecule has 0 unspecified atom stereocenters. The third-order valence-corrected chi connectivity index (χ3v) is 6.72. The van der Waals surface area contributed by atoms with E-state index in [0.717, 1.165) is 11.3 Å². The summed E-state index contributed by atoms with van der Waals surface area (Å²) in [6.45, 7) is 4.50. The van der Waals surface area contributed by atoms with Crippen LogP contribution >= 0.6 is 11.3 Å². The number of thiazole rings is 1. The SMILES string of the molecule is CCNC(=O)C(C#N)=c1sc(=CNc2cccc(NC(=O)CN3CCC(F)(F)CC3)c2)c(=O)n1CC. The monoisotopic (exact) mass is 518 g/mol. The van der Waals surface area contributed by atoms with Gasteiger partial charge in [-0.1, -0.05) is 6.07 Å². The second-order valence-electron chi connectivity index (χ2n) is 8.22. The van der Waals surface area contributed by atoms with Gasteiger partial charge in [0.1, 0.15) is 15.3 Å².